The van der Waals surface area contributed by atoms with E-state index in [0.29, 0.717) is 6.42 Å². The second-order valence-corrected chi connectivity index (χ2v) is 4.45. The molecule has 0 saturated carbocycles. The van der Waals surface area contributed by atoms with Crippen LogP contribution in [0.4, 0.5) is 0 Å². The van der Waals surface area contributed by atoms with Gasteiger partial charge in [0, 0.05) is 24.4 Å². The van der Waals surface area contributed by atoms with Crippen LogP contribution in [0.25, 0.3) is 6.08 Å². The molecule has 106 valence electrons. The van der Waals surface area contributed by atoms with Crippen LogP contribution in [0.5, 0.6) is 0 Å². The quantitative estimate of drug-likeness (QED) is 0.793. The highest BCUT2D eigenvalue weighted by Gasteiger charge is 1.99. The Morgan fingerprint density at radius 3 is 2.67 bits per heavy atom. The average Bonchev–Trinajstić information content (AvgIpc) is 2.50. The van der Waals surface area contributed by atoms with Crippen molar-refractivity contribution < 1.29 is 9.59 Å². The standard InChI is InChI=1S/C17H16N2O2/c20-16-9-3-1-2-6-14-7-4-5-8-15(14)12-19-17(21)13-18-11-10-16/h1-8,10-12,18H,9,13H2/b3-1-,6-2-,11-10-,19-12?. The van der Waals surface area contributed by atoms with Crippen LogP contribution >= 0.6 is 0 Å². The second kappa shape index (κ2) is 7.75. The Bertz CT molecular complexity index is 640. The maximum absolute atomic E-state index is 11.6. The molecule has 0 bridgehead atoms. The summed E-state index contributed by atoms with van der Waals surface area (Å²) in [6.07, 6.45) is 12.2. The van der Waals surface area contributed by atoms with E-state index in [0.717, 1.165) is 11.1 Å². The molecule has 1 aliphatic rings. The summed E-state index contributed by atoms with van der Waals surface area (Å²) in [4.78, 5) is 27.0. The van der Waals surface area contributed by atoms with Gasteiger partial charge in [-0.1, -0.05) is 48.6 Å². The molecular weight excluding hydrogens is 264 g/mol. The Morgan fingerprint density at radius 2 is 1.81 bits per heavy atom. The molecule has 0 unspecified atom stereocenters. The molecule has 4 heteroatoms. The van der Waals surface area contributed by atoms with E-state index in [4.69, 9.17) is 0 Å². The van der Waals surface area contributed by atoms with Gasteiger partial charge in [0.05, 0.1) is 6.54 Å². The number of allylic oxidation sites excluding steroid dienone is 4. The zero-order chi connectivity index (χ0) is 14.9. The summed E-state index contributed by atoms with van der Waals surface area (Å²) < 4.78 is 0. The molecule has 1 N–H and O–H groups in total. The van der Waals surface area contributed by atoms with Crippen LogP contribution in [0.2, 0.25) is 0 Å². The van der Waals surface area contributed by atoms with E-state index in [9.17, 15) is 9.59 Å². The summed E-state index contributed by atoms with van der Waals surface area (Å²) in [6.45, 7) is 0.0636. The van der Waals surface area contributed by atoms with Crippen molar-refractivity contribution in [1.82, 2.24) is 5.32 Å². The fraction of sp³-hybridized carbons (Fsp3) is 0.118. The second-order valence-electron chi connectivity index (χ2n) is 4.45. The highest BCUT2D eigenvalue weighted by Crippen LogP contribution is 2.09. The van der Waals surface area contributed by atoms with Crippen LogP contribution in [-0.2, 0) is 9.59 Å². The van der Waals surface area contributed by atoms with Crippen molar-refractivity contribution in [1.29, 1.82) is 0 Å². The van der Waals surface area contributed by atoms with Gasteiger partial charge in [-0.25, -0.2) is 4.99 Å². The predicted octanol–water partition coefficient (Wildman–Crippen LogP) is 2.28. The molecule has 0 aliphatic carbocycles. The number of fused-ring (bicyclic) bond motifs is 1. The van der Waals surface area contributed by atoms with Gasteiger partial charge in [-0.05, 0) is 11.6 Å². The first-order valence-corrected chi connectivity index (χ1v) is 6.67. The Balaban J connectivity index is 2.26. The minimum Gasteiger partial charge on any atom is -0.382 e. The van der Waals surface area contributed by atoms with Gasteiger partial charge in [0.15, 0.2) is 5.78 Å². The first kappa shape index (κ1) is 14.7. The van der Waals surface area contributed by atoms with Crippen molar-refractivity contribution in [2.45, 2.75) is 6.42 Å². The van der Waals surface area contributed by atoms with Crippen molar-refractivity contribution in [3.63, 3.8) is 0 Å². The van der Waals surface area contributed by atoms with E-state index in [2.05, 4.69) is 10.3 Å². The lowest BCUT2D eigenvalue weighted by molar-refractivity contribution is -0.117. The van der Waals surface area contributed by atoms with Crippen LogP contribution in [0.3, 0.4) is 0 Å². The van der Waals surface area contributed by atoms with Crippen molar-refractivity contribution in [3.05, 3.63) is 65.9 Å². The van der Waals surface area contributed by atoms with Crippen LogP contribution < -0.4 is 5.32 Å². The monoisotopic (exact) mass is 280 g/mol. The fourth-order valence-corrected chi connectivity index (χ4v) is 1.76. The maximum atomic E-state index is 11.6. The Hall–Kier alpha value is -2.75. The van der Waals surface area contributed by atoms with E-state index in [1.54, 1.807) is 12.3 Å². The highest BCUT2D eigenvalue weighted by atomic mass is 16.1. The first-order valence-electron chi connectivity index (χ1n) is 6.67. The van der Waals surface area contributed by atoms with E-state index < -0.39 is 0 Å². The van der Waals surface area contributed by atoms with E-state index in [1.807, 2.05) is 42.5 Å². The predicted molar refractivity (Wildman–Crippen MR) is 84.0 cm³/mol. The molecule has 0 fully saturated rings. The van der Waals surface area contributed by atoms with Gasteiger partial charge in [-0.15, -0.1) is 0 Å². The number of carbonyl (C=O) groups excluding carboxylic acids is 2. The Kier molecular flexibility index (Phi) is 5.41. The van der Waals surface area contributed by atoms with Crippen molar-refractivity contribution in [2.75, 3.05) is 6.54 Å². The van der Waals surface area contributed by atoms with E-state index in [1.165, 1.54) is 12.3 Å². The summed E-state index contributed by atoms with van der Waals surface area (Å²) in [5.41, 5.74) is 1.84. The van der Waals surface area contributed by atoms with Crippen LogP contribution in [0.15, 0.2) is 59.8 Å². The Morgan fingerprint density at radius 1 is 1.00 bits per heavy atom. The summed E-state index contributed by atoms with van der Waals surface area (Å²) in [5.74, 6) is -0.322. The zero-order valence-corrected chi connectivity index (χ0v) is 11.5. The summed E-state index contributed by atoms with van der Waals surface area (Å²) in [5, 5.41) is 2.75. The molecule has 1 aromatic carbocycles. The first-order chi connectivity index (χ1) is 10.3. The number of rotatable bonds is 0. The number of amides is 1. The van der Waals surface area contributed by atoms with Crippen LogP contribution in [0.1, 0.15) is 17.5 Å². The minimum absolute atomic E-state index is 0.0293. The smallest absolute Gasteiger partial charge is 0.264 e. The molecule has 0 atom stereocenters. The minimum atomic E-state index is -0.293. The fourth-order valence-electron chi connectivity index (χ4n) is 1.76. The lowest BCUT2D eigenvalue weighted by atomic mass is 10.1. The summed E-state index contributed by atoms with van der Waals surface area (Å²) in [7, 11) is 0. The topological polar surface area (TPSA) is 58.5 Å². The number of aliphatic imine (C=N–C) groups is 1. The third kappa shape index (κ3) is 5.03. The molecule has 0 saturated heterocycles. The van der Waals surface area contributed by atoms with Crippen molar-refractivity contribution in [2.24, 2.45) is 4.99 Å². The maximum Gasteiger partial charge on any atom is 0.264 e. The average molecular weight is 280 g/mol. The van der Waals surface area contributed by atoms with Gasteiger partial charge < -0.3 is 5.32 Å². The number of ketones is 1. The SMILES string of the molecule is O=C1/C=C\NCC(=O)N=Cc2ccccc2/C=C\C=C/C1. The zero-order valence-electron chi connectivity index (χ0n) is 11.5. The van der Waals surface area contributed by atoms with Crippen LogP contribution in [-0.4, -0.2) is 24.4 Å². The van der Waals surface area contributed by atoms with Gasteiger partial charge in [0.25, 0.3) is 5.91 Å². The molecule has 0 spiro atoms. The van der Waals surface area contributed by atoms with E-state index in [-0.39, 0.29) is 18.2 Å². The largest absolute Gasteiger partial charge is 0.382 e. The van der Waals surface area contributed by atoms with Crippen molar-refractivity contribution >= 4 is 24.0 Å². The molecule has 0 radical (unpaired) electrons. The molecule has 1 aromatic rings. The molecule has 1 aliphatic heterocycles. The normalized spacial score (nSPS) is 20.6. The van der Waals surface area contributed by atoms with Crippen molar-refractivity contribution in [3.8, 4) is 0 Å². The molecule has 1 heterocycles. The van der Waals surface area contributed by atoms with Gasteiger partial charge in [-0.3, -0.25) is 9.59 Å². The number of benzene rings is 1. The number of carbonyl (C=O) groups is 2. The molecule has 2 rings (SSSR count). The highest BCUT2D eigenvalue weighted by molar-refractivity contribution is 5.95. The molecular formula is C17H16N2O2. The lowest BCUT2D eigenvalue weighted by Crippen LogP contribution is -2.16. The van der Waals surface area contributed by atoms with Gasteiger partial charge in [0.1, 0.15) is 0 Å². The lowest BCUT2D eigenvalue weighted by Gasteiger charge is -1.99. The molecule has 4 nitrogen and oxygen atoms in total. The number of hydrogen-bond acceptors (Lipinski definition) is 3. The third-order valence-electron chi connectivity index (χ3n) is 2.83. The van der Waals surface area contributed by atoms with Crippen LogP contribution in [0, 0.1) is 0 Å². The number of hydrogen-bond donors (Lipinski definition) is 1. The summed E-state index contributed by atoms with van der Waals surface area (Å²) >= 11 is 0. The summed E-state index contributed by atoms with van der Waals surface area (Å²) in [6, 6.07) is 7.66. The number of nitrogens with zero attached hydrogens (tertiary/aromatic N) is 1. The van der Waals surface area contributed by atoms with Gasteiger partial charge in [0.2, 0.25) is 0 Å². The van der Waals surface area contributed by atoms with Gasteiger partial charge >= 0.3 is 0 Å². The van der Waals surface area contributed by atoms with E-state index >= 15 is 0 Å². The Labute approximate surface area is 123 Å². The third-order valence-corrected chi connectivity index (χ3v) is 2.83. The number of nitrogens with one attached hydrogen (secondary N) is 1. The molecule has 21 heavy (non-hydrogen) atoms. The molecule has 0 aromatic heterocycles. The molecule has 1 amide bonds. The van der Waals surface area contributed by atoms with Gasteiger partial charge in [-0.2, -0.15) is 0 Å².